The van der Waals surface area contributed by atoms with Crippen LogP contribution in [-0.2, 0) is 4.79 Å². The average Bonchev–Trinajstić information content (AvgIpc) is 2.30. The van der Waals surface area contributed by atoms with Crippen molar-refractivity contribution in [3.05, 3.63) is 11.8 Å². The Labute approximate surface area is 56.9 Å². The van der Waals surface area contributed by atoms with Gasteiger partial charge in [-0.1, -0.05) is 0 Å². The zero-order valence-corrected chi connectivity index (χ0v) is 5.23. The average molecular weight is 147 g/mol. The highest BCUT2D eigenvalue weighted by molar-refractivity contribution is 6.01. The van der Waals surface area contributed by atoms with E-state index in [0.717, 1.165) is 0 Å². The molecule has 1 unspecified atom stereocenters. The summed E-state index contributed by atoms with van der Waals surface area (Å²) in [5.74, 6) is -0.468. The summed E-state index contributed by atoms with van der Waals surface area (Å²) in [6.07, 6.45) is 1.23. The summed E-state index contributed by atoms with van der Waals surface area (Å²) in [6.45, 7) is -1.60. The molecule has 56 valence electrons. The van der Waals surface area contributed by atoms with Crippen molar-refractivity contribution < 1.29 is 13.6 Å². The van der Waals surface area contributed by atoms with Crippen molar-refractivity contribution in [1.29, 1.82) is 0 Å². The maximum Gasteiger partial charge on any atom is 0.187 e. The zero-order chi connectivity index (χ0) is 7.56. The molecular formula is C6H7F2NO. The summed E-state index contributed by atoms with van der Waals surface area (Å²) in [5.41, 5.74) is 0.0302. The molecule has 1 N–H and O–H groups in total. The smallest absolute Gasteiger partial charge is 0.187 e. The highest BCUT2D eigenvalue weighted by atomic mass is 19.1. The molecule has 0 saturated heterocycles. The molecule has 0 bridgehead atoms. The third kappa shape index (κ3) is 1.01. The Balaban J connectivity index is 2.60. The van der Waals surface area contributed by atoms with E-state index in [4.69, 9.17) is 0 Å². The molecule has 0 amide bonds. The van der Waals surface area contributed by atoms with Crippen LogP contribution in [0.25, 0.3) is 0 Å². The van der Waals surface area contributed by atoms with Crippen molar-refractivity contribution in [1.82, 2.24) is 5.32 Å². The number of halogens is 2. The number of hydrogen-bond acceptors (Lipinski definition) is 2. The van der Waals surface area contributed by atoms with Crippen molar-refractivity contribution >= 4 is 5.78 Å². The molecule has 1 atom stereocenters. The first-order chi connectivity index (χ1) is 4.79. The quantitative estimate of drug-likeness (QED) is 0.610. The molecule has 1 aliphatic rings. The summed E-state index contributed by atoms with van der Waals surface area (Å²) >= 11 is 0. The lowest BCUT2D eigenvalue weighted by Gasteiger charge is -2.01. The Morgan fingerprint density at radius 1 is 1.60 bits per heavy atom. The van der Waals surface area contributed by atoms with Gasteiger partial charge in [-0.05, 0) is 0 Å². The highest BCUT2D eigenvalue weighted by Crippen LogP contribution is 2.08. The van der Waals surface area contributed by atoms with Crippen LogP contribution in [0.2, 0.25) is 0 Å². The molecule has 0 aromatic rings. The highest BCUT2D eigenvalue weighted by Gasteiger charge is 2.25. The van der Waals surface area contributed by atoms with Gasteiger partial charge in [0.1, 0.15) is 19.4 Å². The van der Waals surface area contributed by atoms with Crippen molar-refractivity contribution in [2.75, 3.05) is 13.3 Å². The van der Waals surface area contributed by atoms with Crippen molar-refractivity contribution in [2.24, 2.45) is 0 Å². The van der Waals surface area contributed by atoms with E-state index < -0.39 is 25.2 Å². The molecule has 1 heterocycles. The minimum atomic E-state index is -0.842. The van der Waals surface area contributed by atoms with Gasteiger partial charge < -0.3 is 5.32 Å². The Bertz CT molecular complexity index is 179. The standard InChI is InChI=1S/C6H7F2NO/c7-1-4-3-9-5(2-8)6(4)10/h3,5,9H,1-2H2. The van der Waals surface area contributed by atoms with E-state index in [-0.39, 0.29) is 5.57 Å². The second-order valence-electron chi connectivity index (χ2n) is 2.04. The lowest BCUT2D eigenvalue weighted by Crippen LogP contribution is -2.29. The number of Topliss-reactive ketones (excluding diaryl/α,β-unsaturated/α-hetero) is 1. The minimum Gasteiger partial charge on any atom is -0.378 e. The van der Waals surface area contributed by atoms with Gasteiger partial charge in [0.25, 0.3) is 0 Å². The maximum absolute atomic E-state index is 11.8. The molecule has 0 radical (unpaired) electrons. The topological polar surface area (TPSA) is 29.1 Å². The molecule has 0 fully saturated rings. The van der Waals surface area contributed by atoms with Crippen LogP contribution < -0.4 is 5.32 Å². The van der Waals surface area contributed by atoms with E-state index in [1.807, 2.05) is 0 Å². The second-order valence-corrected chi connectivity index (χ2v) is 2.04. The summed E-state index contributed by atoms with van der Waals surface area (Å²) in [4.78, 5) is 10.8. The Morgan fingerprint density at radius 3 is 2.60 bits per heavy atom. The van der Waals surface area contributed by atoms with Gasteiger partial charge in [0, 0.05) is 11.8 Å². The van der Waals surface area contributed by atoms with Gasteiger partial charge >= 0.3 is 0 Å². The number of ketones is 1. The predicted molar refractivity (Wildman–Crippen MR) is 32.0 cm³/mol. The Morgan fingerprint density at radius 2 is 2.30 bits per heavy atom. The SMILES string of the molecule is O=C1C(CF)=CNC1CF. The third-order valence-corrected chi connectivity index (χ3v) is 1.39. The van der Waals surface area contributed by atoms with E-state index >= 15 is 0 Å². The van der Waals surface area contributed by atoms with Crippen LogP contribution in [0, 0.1) is 0 Å². The largest absolute Gasteiger partial charge is 0.378 e. The number of hydrogen-bond donors (Lipinski definition) is 1. The third-order valence-electron chi connectivity index (χ3n) is 1.39. The molecule has 0 spiro atoms. The van der Waals surface area contributed by atoms with Gasteiger partial charge in [-0.3, -0.25) is 4.79 Å². The lowest BCUT2D eigenvalue weighted by molar-refractivity contribution is -0.116. The van der Waals surface area contributed by atoms with Crippen LogP contribution in [0.15, 0.2) is 11.8 Å². The number of carbonyl (C=O) groups excluding carboxylic acids is 1. The van der Waals surface area contributed by atoms with Crippen LogP contribution in [0.5, 0.6) is 0 Å². The molecule has 1 rings (SSSR count). The van der Waals surface area contributed by atoms with E-state index in [1.54, 1.807) is 0 Å². The van der Waals surface area contributed by atoms with Crippen molar-refractivity contribution in [3.63, 3.8) is 0 Å². The molecule has 0 aromatic carbocycles. The first-order valence-electron chi connectivity index (χ1n) is 2.91. The normalized spacial score (nSPS) is 24.4. The van der Waals surface area contributed by atoms with Crippen LogP contribution in [0.4, 0.5) is 8.78 Å². The second kappa shape index (κ2) is 2.77. The summed E-state index contributed by atoms with van der Waals surface area (Å²) < 4.78 is 23.6. The zero-order valence-electron chi connectivity index (χ0n) is 5.23. The molecule has 2 nitrogen and oxygen atoms in total. The van der Waals surface area contributed by atoms with Crippen LogP contribution in [0.1, 0.15) is 0 Å². The number of carbonyl (C=O) groups is 1. The number of alkyl halides is 2. The van der Waals surface area contributed by atoms with Crippen LogP contribution in [0.3, 0.4) is 0 Å². The van der Waals surface area contributed by atoms with E-state index in [2.05, 4.69) is 5.32 Å². The van der Waals surface area contributed by atoms with Crippen LogP contribution in [-0.4, -0.2) is 25.2 Å². The number of nitrogens with one attached hydrogen (secondary N) is 1. The first-order valence-corrected chi connectivity index (χ1v) is 2.91. The fraction of sp³-hybridized carbons (Fsp3) is 0.500. The Hall–Kier alpha value is -0.930. The van der Waals surface area contributed by atoms with Crippen molar-refractivity contribution in [3.8, 4) is 0 Å². The molecule has 10 heavy (non-hydrogen) atoms. The molecule has 4 heteroatoms. The lowest BCUT2D eigenvalue weighted by atomic mass is 10.1. The fourth-order valence-electron chi connectivity index (χ4n) is 0.791. The first kappa shape index (κ1) is 7.18. The predicted octanol–water partition coefficient (Wildman–Crippen LogP) is 0.350. The van der Waals surface area contributed by atoms with Gasteiger partial charge in [-0.15, -0.1) is 0 Å². The van der Waals surface area contributed by atoms with Gasteiger partial charge in [-0.2, -0.15) is 0 Å². The van der Waals surface area contributed by atoms with Gasteiger partial charge in [0.15, 0.2) is 5.78 Å². The number of rotatable bonds is 2. The fourth-order valence-corrected chi connectivity index (χ4v) is 0.791. The molecule has 0 saturated carbocycles. The molecule has 0 aliphatic carbocycles. The summed E-state index contributed by atoms with van der Waals surface area (Å²) in [6, 6.07) is -0.842. The monoisotopic (exact) mass is 147 g/mol. The van der Waals surface area contributed by atoms with E-state index in [0.29, 0.717) is 0 Å². The molecular weight excluding hydrogens is 140 g/mol. The van der Waals surface area contributed by atoms with E-state index in [1.165, 1.54) is 6.20 Å². The molecule has 1 aliphatic heterocycles. The van der Waals surface area contributed by atoms with Gasteiger partial charge in [0.05, 0.1) is 0 Å². The Kier molecular flexibility index (Phi) is 1.99. The summed E-state index contributed by atoms with van der Waals surface area (Å²) in [7, 11) is 0. The summed E-state index contributed by atoms with van der Waals surface area (Å²) in [5, 5.41) is 2.43. The van der Waals surface area contributed by atoms with E-state index in [9.17, 15) is 13.6 Å². The van der Waals surface area contributed by atoms with Crippen LogP contribution >= 0.6 is 0 Å². The molecule has 0 aromatic heterocycles. The van der Waals surface area contributed by atoms with Gasteiger partial charge in [0.2, 0.25) is 0 Å². The minimum absolute atomic E-state index is 0.0302. The van der Waals surface area contributed by atoms with Gasteiger partial charge in [-0.25, -0.2) is 8.78 Å². The van der Waals surface area contributed by atoms with Crippen molar-refractivity contribution in [2.45, 2.75) is 6.04 Å². The maximum atomic E-state index is 11.8.